The van der Waals surface area contributed by atoms with Crippen LogP contribution in [0.4, 0.5) is 0 Å². The molecule has 0 aliphatic heterocycles. The number of hydrogen-bond donors (Lipinski definition) is 0. The van der Waals surface area contributed by atoms with Crippen LogP contribution in [-0.4, -0.2) is 6.66 Å². The minimum atomic E-state index is 0.810. The highest BCUT2D eigenvalue weighted by Gasteiger charge is 1.94. The number of benzene rings is 3. The Morgan fingerprint density at radius 3 is 1.64 bits per heavy atom. The molecular weight excluding hydrogens is 366 g/mol. The van der Waals surface area contributed by atoms with E-state index < -0.39 is 0 Å². The van der Waals surface area contributed by atoms with E-state index in [4.69, 9.17) is 23.2 Å². The fourth-order valence-corrected chi connectivity index (χ4v) is 3.24. The predicted octanol–water partition coefficient (Wildman–Crippen LogP) is 7.23. The fourth-order valence-electron chi connectivity index (χ4n) is 2.05. The summed E-state index contributed by atoms with van der Waals surface area (Å²) >= 11 is 11.4. The van der Waals surface area contributed by atoms with E-state index >= 15 is 0 Å². The number of aryl methyl sites for hydroxylation is 3. The zero-order valence-corrected chi connectivity index (χ0v) is 17.7. The van der Waals surface area contributed by atoms with E-state index in [2.05, 4.69) is 38.7 Å². The first-order valence-electron chi connectivity index (χ1n) is 8.10. The summed E-state index contributed by atoms with van der Waals surface area (Å²) in [4.78, 5) is 0. The zero-order chi connectivity index (χ0) is 18.7. The van der Waals surface area contributed by atoms with Crippen molar-refractivity contribution in [3.05, 3.63) is 99.5 Å². The lowest BCUT2D eigenvalue weighted by Crippen LogP contribution is -1.97. The average molecular weight is 391 g/mol. The second-order valence-corrected chi connectivity index (χ2v) is 7.57. The maximum absolute atomic E-state index is 5.78. The van der Waals surface area contributed by atoms with Gasteiger partial charge in [0, 0.05) is 10.0 Å². The molecule has 0 aliphatic carbocycles. The Hall–Kier alpha value is -1.33. The molecule has 0 aromatic heterocycles. The van der Waals surface area contributed by atoms with Crippen LogP contribution in [0.15, 0.2) is 72.8 Å². The molecule has 1 unspecified atom stereocenters. The Kier molecular flexibility index (Phi) is 10.5. The second kappa shape index (κ2) is 12.1. The van der Waals surface area contributed by atoms with Crippen LogP contribution in [0.1, 0.15) is 16.7 Å². The zero-order valence-electron chi connectivity index (χ0n) is 15.2. The predicted molar refractivity (Wildman–Crippen MR) is 117 cm³/mol. The van der Waals surface area contributed by atoms with Crippen LogP contribution in [0.25, 0.3) is 0 Å². The summed E-state index contributed by atoms with van der Waals surface area (Å²) in [5.74, 6) is 0. The molecule has 0 radical (unpaired) electrons. The van der Waals surface area contributed by atoms with Crippen molar-refractivity contribution in [2.45, 2.75) is 20.8 Å². The van der Waals surface area contributed by atoms with Crippen molar-refractivity contribution < 1.29 is 0 Å². The molecule has 0 nitrogen and oxygen atoms in total. The van der Waals surface area contributed by atoms with Gasteiger partial charge in [-0.05, 0) is 68.1 Å². The van der Waals surface area contributed by atoms with Crippen LogP contribution in [0, 0.1) is 20.8 Å². The summed E-state index contributed by atoms with van der Waals surface area (Å²) in [7, 11) is 0.867. The molecule has 0 N–H and O–H groups in total. The molecule has 0 aliphatic rings. The van der Waals surface area contributed by atoms with Gasteiger partial charge in [0.1, 0.15) is 0 Å². The Labute approximate surface area is 164 Å². The Morgan fingerprint density at radius 1 is 0.640 bits per heavy atom. The number of rotatable bonds is 1. The first-order valence-corrected chi connectivity index (χ1v) is 10.4. The number of hydrogen-bond acceptors (Lipinski definition) is 0. The minimum Gasteiger partial charge on any atom is -0.0933 e. The lowest BCUT2D eigenvalue weighted by Gasteiger charge is -2.01. The van der Waals surface area contributed by atoms with Crippen molar-refractivity contribution in [2.75, 3.05) is 6.66 Å². The molecule has 3 heteroatoms. The van der Waals surface area contributed by atoms with Gasteiger partial charge in [0.25, 0.3) is 0 Å². The monoisotopic (exact) mass is 390 g/mol. The molecule has 0 bridgehead atoms. The third-order valence-electron chi connectivity index (χ3n) is 3.38. The Morgan fingerprint density at radius 2 is 1.24 bits per heavy atom. The van der Waals surface area contributed by atoms with Crippen molar-refractivity contribution in [1.82, 2.24) is 0 Å². The molecule has 132 valence electrons. The summed E-state index contributed by atoms with van der Waals surface area (Å²) in [5, 5.41) is 3.05. The van der Waals surface area contributed by atoms with E-state index in [1.54, 1.807) is 0 Å². The van der Waals surface area contributed by atoms with Gasteiger partial charge in [-0.1, -0.05) is 85.9 Å². The minimum absolute atomic E-state index is 0.810. The number of halogens is 2. The fraction of sp³-hybridized carbons (Fsp3) is 0.182. The average Bonchev–Trinajstić information content (AvgIpc) is 2.57. The van der Waals surface area contributed by atoms with Gasteiger partial charge in [-0.15, -0.1) is 0 Å². The van der Waals surface area contributed by atoms with Crippen LogP contribution >= 0.6 is 31.8 Å². The normalized spacial score (nSPS) is 9.84. The van der Waals surface area contributed by atoms with Crippen molar-refractivity contribution in [3.63, 3.8) is 0 Å². The molecule has 25 heavy (non-hydrogen) atoms. The summed E-state index contributed by atoms with van der Waals surface area (Å²) < 4.78 is 0. The van der Waals surface area contributed by atoms with Gasteiger partial charge in [-0.25, -0.2) is 0 Å². The summed E-state index contributed by atoms with van der Waals surface area (Å²) in [6.07, 6.45) is 0. The third kappa shape index (κ3) is 9.66. The van der Waals surface area contributed by atoms with Crippen LogP contribution < -0.4 is 5.30 Å². The van der Waals surface area contributed by atoms with Crippen molar-refractivity contribution in [2.24, 2.45) is 0 Å². The summed E-state index contributed by atoms with van der Waals surface area (Å²) in [5.41, 5.74) is 3.83. The molecule has 0 spiro atoms. The smallest absolute Gasteiger partial charge is 0.0409 e. The van der Waals surface area contributed by atoms with Crippen LogP contribution in [-0.2, 0) is 0 Å². The molecule has 3 aromatic rings. The van der Waals surface area contributed by atoms with Gasteiger partial charge in [0.15, 0.2) is 0 Å². The lowest BCUT2D eigenvalue weighted by molar-refractivity contribution is 1.47. The molecule has 0 heterocycles. The highest BCUT2D eigenvalue weighted by molar-refractivity contribution is 7.46. The van der Waals surface area contributed by atoms with Crippen LogP contribution in [0.3, 0.4) is 0 Å². The van der Waals surface area contributed by atoms with E-state index in [1.807, 2.05) is 61.5 Å². The van der Waals surface area contributed by atoms with Crippen LogP contribution in [0.5, 0.6) is 0 Å². The molecule has 0 fully saturated rings. The molecule has 0 saturated heterocycles. The van der Waals surface area contributed by atoms with Gasteiger partial charge >= 0.3 is 0 Å². The highest BCUT2D eigenvalue weighted by Crippen LogP contribution is 2.13. The second-order valence-electron chi connectivity index (χ2n) is 5.66. The van der Waals surface area contributed by atoms with Gasteiger partial charge in [-0.2, -0.15) is 0 Å². The van der Waals surface area contributed by atoms with Gasteiger partial charge in [-0.3, -0.25) is 0 Å². The molecule has 1 atom stereocenters. The largest absolute Gasteiger partial charge is 0.0933 e. The van der Waals surface area contributed by atoms with Crippen molar-refractivity contribution in [1.29, 1.82) is 0 Å². The SMILES string of the molecule is CPc1ccc(Cl)cc1C.Cc1cccc(Cl)c1.Cc1ccccc1. The molecule has 3 aromatic carbocycles. The van der Waals surface area contributed by atoms with E-state index in [0.717, 1.165) is 18.6 Å². The maximum atomic E-state index is 5.78. The summed E-state index contributed by atoms with van der Waals surface area (Å²) in [6, 6.07) is 24.1. The third-order valence-corrected chi connectivity index (χ3v) is 4.95. The molecule has 0 saturated carbocycles. The van der Waals surface area contributed by atoms with Crippen molar-refractivity contribution in [3.8, 4) is 0 Å². The summed E-state index contributed by atoms with van der Waals surface area (Å²) in [6.45, 7) is 8.37. The van der Waals surface area contributed by atoms with E-state index in [-0.39, 0.29) is 0 Å². The van der Waals surface area contributed by atoms with Gasteiger partial charge in [0.2, 0.25) is 0 Å². The van der Waals surface area contributed by atoms with E-state index in [0.29, 0.717) is 0 Å². The Bertz CT molecular complexity index is 738. The van der Waals surface area contributed by atoms with Gasteiger partial charge in [0.05, 0.1) is 0 Å². The van der Waals surface area contributed by atoms with Crippen LogP contribution in [0.2, 0.25) is 10.0 Å². The molecule has 3 rings (SSSR count). The van der Waals surface area contributed by atoms with E-state index in [1.165, 1.54) is 22.0 Å². The van der Waals surface area contributed by atoms with Gasteiger partial charge < -0.3 is 0 Å². The first kappa shape index (κ1) is 21.7. The van der Waals surface area contributed by atoms with Crippen molar-refractivity contribution >= 4 is 37.1 Å². The Balaban J connectivity index is 0.000000191. The quantitative estimate of drug-likeness (QED) is 0.384. The standard InChI is InChI=1S/C8H10ClP.C7H7Cl.C7H8/c1-6-5-7(9)3-4-8(6)10-2;1-6-3-2-4-7(8)5-6;1-7-5-3-2-4-6-7/h3-5,10H,1-2H3;2-5H,1H3;2-6H,1H3. The maximum Gasteiger partial charge on any atom is 0.0409 e. The van der Waals surface area contributed by atoms with E-state index in [9.17, 15) is 0 Å². The highest BCUT2D eigenvalue weighted by atomic mass is 35.5. The molecular formula is C22H25Cl2P. The topological polar surface area (TPSA) is 0 Å². The molecule has 0 amide bonds. The first-order chi connectivity index (χ1) is 11.9. The lowest BCUT2D eigenvalue weighted by atomic mass is 10.2.